The average molecular weight is 806 g/mol. The summed E-state index contributed by atoms with van der Waals surface area (Å²) < 4.78 is 54.2. The molecule has 4 aromatic rings. The standard InChI is InChI=1S/C38H40FN7O8S2/c1-53-37(50)41-27-13-6-4-2-3-5-10-22-19-38(22,36(49)45-56(51,52)25-14-15-25)44-32(47)28-18-24(20-46(28)35(27)48)54-33-30-29(26-12-8-16-40-34(26)55-30)42-31(43-33)21-9-7-11-23(39)17-21/h5,7-12,16-17,22,24-25,27-28H,2-4,6,13-15,18-20H2,1H3,(H,41,50)(H,44,47)(H,45,49)/t22-,24-,27+,28+,38-/m1/s1. The molecule has 56 heavy (non-hydrogen) atoms. The zero-order valence-corrected chi connectivity index (χ0v) is 32.0. The minimum Gasteiger partial charge on any atom is -0.471 e. The fourth-order valence-corrected chi connectivity index (χ4v) is 9.88. The molecular weight excluding hydrogens is 766 g/mol. The number of fused-ring (bicyclic) bond motifs is 5. The van der Waals surface area contributed by atoms with Gasteiger partial charge in [-0.3, -0.25) is 19.1 Å². The molecular formula is C38H40FN7O8S2. The van der Waals surface area contributed by atoms with Gasteiger partial charge < -0.3 is 25.0 Å². The molecule has 1 saturated heterocycles. The first-order valence-corrected chi connectivity index (χ1v) is 21.0. The van der Waals surface area contributed by atoms with Crippen molar-refractivity contribution in [1.82, 2.24) is 35.2 Å². The average Bonchev–Trinajstić information content (AvgIpc) is 4.08. The number of nitrogens with zero attached hydrogens (tertiary/aromatic N) is 4. The quantitative estimate of drug-likeness (QED) is 0.227. The molecule has 18 heteroatoms. The van der Waals surface area contributed by atoms with E-state index in [4.69, 9.17) is 19.4 Å². The topological polar surface area (TPSA) is 199 Å². The summed E-state index contributed by atoms with van der Waals surface area (Å²) >= 11 is 1.30. The zero-order valence-electron chi connectivity index (χ0n) is 30.4. The largest absolute Gasteiger partial charge is 0.471 e. The lowest BCUT2D eigenvalue weighted by Gasteiger charge is -2.29. The third kappa shape index (κ3) is 7.51. The van der Waals surface area contributed by atoms with E-state index >= 15 is 0 Å². The van der Waals surface area contributed by atoms with Crippen molar-refractivity contribution in [3.63, 3.8) is 0 Å². The molecule has 0 spiro atoms. The smallest absolute Gasteiger partial charge is 0.407 e. The van der Waals surface area contributed by atoms with Gasteiger partial charge in [-0.05, 0) is 62.8 Å². The zero-order chi connectivity index (χ0) is 39.2. The molecule has 0 radical (unpaired) electrons. The van der Waals surface area contributed by atoms with Gasteiger partial charge in [0.15, 0.2) is 5.82 Å². The van der Waals surface area contributed by atoms with Crippen LogP contribution in [0.1, 0.15) is 57.8 Å². The molecule has 294 valence electrons. The molecule has 3 aromatic heterocycles. The number of hydrogen-bond acceptors (Lipinski definition) is 12. The number of nitrogens with one attached hydrogen (secondary N) is 3. The number of alkyl carbamates (subject to hydrolysis) is 1. The second-order valence-electron chi connectivity index (χ2n) is 14.7. The van der Waals surface area contributed by atoms with E-state index in [2.05, 4.69) is 20.3 Å². The van der Waals surface area contributed by atoms with Crippen molar-refractivity contribution in [2.24, 2.45) is 5.92 Å². The Morgan fingerprint density at radius 1 is 1.09 bits per heavy atom. The van der Waals surface area contributed by atoms with Crippen molar-refractivity contribution in [3.05, 3.63) is 60.6 Å². The fraction of sp³-hybridized carbons (Fsp3) is 0.447. The van der Waals surface area contributed by atoms with Crippen molar-refractivity contribution in [3.8, 4) is 17.3 Å². The Morgan fingerprint density at radius 2 is 1.93 bits per heavy atom. The third-order valence-electron chi connectivity index (χ3n) is 10.7. The molecule has 2 aliphatic heterocycles. The van der Waals surface area contributed by atoms with Crippen molar-refractivity contribution in [2.75, 3.05) is 13.7 Å². The predicted molar refractivity (Wildman–Crippen MR) is 203 cm³/mol. The first-order valence-electron chi connectivity index (χ1n) is 18.6. The number of rotatable bonds is 7. The molecule has 0 unspecified atom stereocenters. The summed E-state index contributed by atoms with van der Waals surface area (Å²) in [7, 11) is -2.73. The van der Waals surface area contributed by atoms with E-state index < -0.39 is 74.5 Å². The number of ether oxygens (including phenoxy) is 2. The molecule has 4 aliphatic rings. The van der Waals surface area contributed by atoms with Gasteiger partial charge in [-0.25, -0.2) is 27.6 Å². The normalized spacial score (nSPS) is 25.7. The van der Waals surface area contributed by atoms with Crippen LogP contribution in [-0.4, -0.2) is 94.7 Å². The van der Waals surface area contributed by atoms with E-state index in [0.29, 0.717) is 46.3 Å². The molecule has 5 heterocycles. The van der Waals surface area contributed by atoms with Gasteiger partial charge in [-0.15, -0.1) is 11.3 Å². The lowest BCUT2D eigenvalue weighted by molar-refractivity contribution is -0.141. The van der Waals surface area contributed by atoms with Gasteiger partial charge in [-0.1, -0.05) is 37.1 Å². The summed E-state index contributed by atoms with van der Waals surface area (Å²) in [6.07, 6.45) is 7.88. The Balaban J connectivity index is 1.15. The number of pyridine rings is 1. The first kappa shape index (κ1) is 37.7. The molecule has 3 fully saturated rings. The minimum atomic E-state index is -3.92. The van der Waals surface area contributed by atoms with Gasteiger partial charge in [0.1, 0.15) is 39.1 Å². The number of sulfonamides is 1. The number of carbonyl (C=O) groups excluding carboxylic acids is 4. The Bertz CT molecular complexity index is 2370. The van der Waals surface area contributed by atoms with E-state index in [-0.39, 0.29) is 37.5 Å². The van der Waals surface area contributed by atoms with Crippen LogP contribution in [0.4, 0.5) is 9.18 Å². The molecule has 2 aliphatic carbocycles. The second kappa shape index (κ2) is 15.0. The first-order chi connectivity index (χ1) is 27.0. The summed E-state index contributed by atoms with van der Waals surface area (Å²) in [6.45, 7) is -0.0984. The maximum Gasteiger partial charge on any atom is 0.407 e. The highest BCUT2D eigenvalue weighted by atomic mass is 32.2. The van der Waals surface area contributed by atoms with Crippen LogP contribution in [0, 0.1) is 11.7 Å². The lowest BCUT2D eigenvalue weighted by Crippen LogP contribution is -2.58. The fourth-order valence-electron chi connectivity index (χ4n) is 7.50. The predicted octanol–water partition coefficient (Wildman–Crippen LogP) is 4.12. The summed E-state index contributed by atoms with van der Waals surface area (Å²) in [4.78, 5) is 71.0. The van der Waals surface area contributed by atoms with Crippen LogP contribution in [0.2, 0.25) is 0 Å². The van der Waals surface area contributed by atoms with Gasteiger partial charge >= 0.3 is 6.09 Å². The number of thiophene rings is 1. The van der Waals surface area contributed by atoms with E-state index in [1.54, 1.807) is 24.4 Å². The van der Waals surface area contributed by atoms with Crippen molar-refractivity contribution in [2.45, 2.75) is 86.8 Å². The van der Waals surface area contributed by atoms with Crippen molar-refractivity contribution >= 4 is 65.6 Å². The highest BCUT2D eigenvalue weighted by molar-refractivity contribution is 7.91. The van der Waals surface area contributed by atoms with Gasteiger partial charge in [0.05, 0.1) is 24.4 Å². The SMILES string of the molecule is COC(=O)N[C@H]1CCCCCC=C[C@@H]2C[C@@]2(C(=O)NS(=O)(=O)C2CC2)NC(=O)[C@@H]2C[C@@H](Oc3nc(-c4cccc(F)c4)nc4c3sc3ncccc34)CN2C1=O. The Kier molecular flexibility index (Phi) is 10.1. The van der Waals surface area contributed by atoms with Crippen LogP contribution in [0.5, 0.6) is 5.88 Å². The molecule has 4 amide bonds. The minimum absolute atomic E-state index is 0.0367. The van der Waals surface area contributed by atoms with Gasteiger partial charge in [0, 0.05) is 29.5 Å². The van der Waals surface area contributed by atoms with E-state index in [1.165, 1.54) is 35.5 Å². The summed E-state index contributed by atoms with van der Waals surface area (Å²) in [5.41, 5.74) is -0.602. The van der Waals surface area contributed by atoms with Crippen LogP contribution >= 0.6 is 11.3 Å². The number of hydrogen-bond donors (Lipinski definition) is 3. The second-order valence-corrected chi connectivity index (χ2v) is 17.6. The van der Waals surface area contributed by atoms with E-state index in [0.717, 1.165) is 18.2 Å². The van der Waals surface area contributed by atoms with E-state index in [1.807, 2.05) is 18.2 Å². The van der Waals surface area contributed by atoms with Crippen LogP contribution in [0.15, 0.2) is 54.7 Å². The van der Waals surface area contributed by atoms with Gasteiger partial charge in [0.25, 0.3) is 5.91 Å². The lowest BCUT2D eigenvalue weighted by atomic mass is 10.1. The third-order valence-corrected chi connectivity index (χ3v) is 13.7. The number of amides is 4. The van der Waals surface area contributed by atoms with E-state index in [9.17, 15) is 32.0 Å². The summed E-state index contributed by atoms with van der Waals surface area (Å²) in [6, 6.07) is 7.26. The van der Waals surface area contributed by atoms with Crippen LogP contribution in [0.25, 0.3) is 31.8 Å². The Hall–Kier alpha value is -5.23. The number of halogens is 1. The summed E-state index contributed by atoms with van der Waals surface area (Å²) in [5.74, 6) is -2.64. The number of allylic oxidation sites excluding steroid dienone is 1. The van der Waals surface area contributed by atoms with Gasteiger partial charge in [0.2, 0.25) is 27.7 Å². The van der Waals surface area contributed by atoms with Crippen LogP contribution in [-0.2, 0) is 29.1 Å². The Labute approximate surface area is 325 Å². The molecule has 1 aromatic carbocycles. The molecule has 15 nitrogen and oxygen atoms in total. The van der Waals surface area contributed by atoms with Crippen LogP contribution < -0.4 is 20.1 Å². The number of aromatic nitrogens is 3. The van der Waals surface area contributed by atoms with Crippen molar-refractivity contribution in [1.29, 1.82) is 0 Å². The molecule has 2 saturated carbocycles. The number of benzene rings is 1. The number of carbonyl (C=O) groups is 4. The highest BCUT2D eigenvalue weighted by Crippen LogP contribution is 2.46. The maximum absolute atomic E-state index is 14.4. The molecule has 0 bridgehead atoms. The maximum atomic E-state index is 14.4. The molecule has 5 atom stereocenters. The Morgan fingerprint density at radius 3 is 2.71 bits per heavy atom. The van der Waals surface area contributed by atoms with Crippen LogP contribution in [0.3, 0.4) is 0 Å². The molecule has 8 rings (SSSR count). The van der Waals surface area contributed by atoms with Gasteiger partial charge in [-0.2, -0.15) is 4.98 Å². The summed E-state index contributed by atoms with van der Waals surface area (Å²) in [5, 5.41) is 5.57. The highest BCUT2D eigenvalue weighted by Gasteiger charge is 2.62. The monoisotopic (exact) mass is 805 g/mol. The molecule has 3 N–H and O–H groups in total. The number of methoxy groups -OCH3 is 1. The van der Waals surface area contributed by atoms with Crippen molar-refractivity contribution < 1.29 is 41.5 Å².